The third kappa shape index (κ3) is 3.66. The first-order valence-electron chi connectivity index (χ1n) is 11.4. The fourth-order valence-electron chi connectivity index (χ4n) is 4.62. The summed E-state index contributed by atoms with van der Waals surface area (Å²) >= 11 is 1.58. The number of anilines is 1. The number of hydrogen-bond donors (Lipinski definition) is 1. The smallest absolute Gasteiger partial charge is 0.352 e. The van der Waals surface area contributed by atoms with Crippen molar-refractivity contribution in [2.75, 3.05) is 12.4 Å². The molecule has 0 bridgehead atoms. The monoisotopic (exact) mass is 486 g/mol. The molecule has 0 spiro atoms. The number of nitrogens with one attached hydrogen (secondary N) is 1. The van der Waals surface area contributed by atoms with Crippen molar-refractivity contribution in [3.8, 4) is 17.1 Å². The molecular weight excluding hydrogens is 464 g/mol. The summed E-state index contributed by atoms with van der Waals surface area (Å²) in [7, 11) is 1.55. The van der Waals surface area contributed by atoms with Crippen LogP contribution in [0.5, 0.6) is 5.75 Å². The number of amides is 1. The van der Waals surface area contributed by atoms with Gasteiger partial charge < -0.3 is 10.1 Å². The van der Waals surface area contributed by atoms with E-state index in [-0.39, 0.29) is 12.5 Å². The van der Waals surface area contributed by atoms with E-state index in [1.165, 1.54) is 19.5 Å². The van der Waals surface area contributed by atoms with Crippen LogP contribution in [-0.4, -0.2) is 37.2 Å². The van der Waals surface area contributed by atoms with Gasteiger partial charge in [-0.3, -0.25) is 14.3 Å². The van der Waals surface area contributed by atoms with Crippen molar-refractivity contribution in [1.82, 2.24) is 24.1 Å². The molecule has 0 aliphatic heterocycles. The summed E-state index contributed by atoms with van der Waals surface area (Å²) in [5, 5.41) is 8.31. The maximum Gasteiger partial charge on any atom is 0.352 e. The number of benzene rings is 1. The number of aromatic nitrogens is 5. The highest BCUT2D eigenvalue weighted by Gasteiger charge is 2.25. The lowest BCUT2D eigenvalue weighted by Gasteiger charge is -2.12. The fraction of sp³-hybridized carbons (Fsp3) is 0.240. The van der Waals surface area contributed by atoms with E-state index in [0.717, 1.165) is 41.5 Å². The molecule has 0 radical (unpaired) electrons. The highest BCUT2D eigenvalue weighted by atomic mass is 32.1. The van der Waals surface area contributed by atoms with Gasteiger partial charge in [0, 0.05) is 22.8 Å². The number of thiophene rings is 1. The van der Waals surface area contributed by atoms with Gasteiger partial charge in [0.05, 0.1) is 18.2 Å². The fourth-order valence-corrected chi connectivity index (χ4v) is 6.00. The molecule has 5 aromatic rings. The quantitative estimate of drug-likeness (QED) is 0.406. The molecule has 0 atom stereocenters. The van der Waals surface area contributed by atoms with Gasteiger partial charge in [0.2, 0.25) is 5.91 Å². The van der Waals surface area contributed by atoms with Gasteiger partial charge >= 0.3 is 5.69 Å². The first-order valence-corrected chi connectivity index (χ1v) is 12.2. The third-order valence-corrected chi connectivity index (χ3v) is 7.56. The summed E-state index contributed by atoms with van der Waals surface area (Å²) in [6.07, 6.45) is 7.44. The van der Waals surface area contributed by atoms with Gasteiger partial charge in [-0.15, -0.1) is 16.4 Å². The SMILES string of the molecule is COc1ccccc1NC(=O)Cn1c(=O)n2nc(-c3cccnc3)nc2c2c3c(sc21)CCCC3. The zero-order chi connectivity index (χ0) is 23.9. The van der Waals surface area contributed by atoms with Crippen molar-refractivity contribution in [3.63, 3.8) is 0 Å². The summed E-state index contributed by atoms with van der Waals surface area (Å²) in [6, 6.07) is 10.9. The van der Waals surface area contributed by atoms with Crippen LogP contribution in [0.2, 0.25) is 0 Å². The van der Waals surface area contributed by atoms with Crippen molar-refractivity contribution in [2.45, 2.75) is 32.2 Å². The molecule has 35 heavy (non-hydrogen) atoms. The minimum absolute atomic E-state index is 0.148. The Kier molecular flexibility index (Phi) is 5.29. The van der Waals surface area contributed by atoms with Gasteiger partial charge in [-0.05, 0) is 55.5 Å². The van der Waals surface area contributed by atoms with Crippen LogP contribution in [0.15, 0.2) is 53.6 Å². The topological polar surface area (TPSA) is 103 Å². The highest BCUT2D eigenvalue weighted by molar-refractivity contribution is 7.19. The van der Waals surface area contributed by atoms with Crippen LogP contribution in [-0.2, 0) is 24.2 Å². The number of rotatable bonds is 5. The standard InChI is InChI=1S/C25H22N6O3S/c1-34-18-10-4-3-9-17(18)27-20(32)14-30-24-21(16-8-2-5-11-19(16)35-24)23-28-22(29-31(23)25(30)33)15-7-6-12-26-13-15/h3-4,6-7,9-10,12-13H,2,5,8,11,14H2,1H3,(H,27,32). The van der Waals surface area contributed by atoms with Crippen molar-refractivity contribution in [1.29, 1.82) is 0 Å². The van der Waals surface area contributed by atoms with E-state index in [0.29, 0.717) is 22.9 Å². The molecule has 176 valence electrons. The van der Waals surface area contributed by atoms with Crippen LogP contribution in [0.4, 0.5) is 5.69 Å². The Hall–Kier alpha value is -4.05. The van der Waals surface area contributed by atoms with E-state index in [1.807, 2.05) is 24.3 Å². The predicted molar refractivity (Wildman–Crippen MR) is 134 cm³/mol. The van der Waals surface area contributed by atoms with Gasteiger partial charge in [0.25, 0.3) is 0 Å². The third-order valence-electron chi connectivity index (χ3n) is 6.24. The number of carbonyl (C=O) groups is 1. The van der Waals surface area contributed by atoms with Gasteiger partial charge in [0.1, 0.15) is 17.1 Å². The molecule has 4 heterocycles. The molecule has 1 N–H and O–H groups in total. The largest absolute Gasteiger partial charge is 0.495 e. The summed E-state index contributed by atoms with van der Waals surface area (Å²) in [5.41, 5.74) is 2.63. The molecular formula is C25H22N6O3S. The normalized spacial score (nSPS) is 13.2. The van der Waals surface area contributed by atoms with E-state index >= 15 is 0 Å². The number of aryl methyl sites for hydroxylation is 2. The number of carbonyl (C=O) groups excluding carboxylic acids is 1. The van der Waals surface area contributed by atoms with Crippen LogP contribution in [0.1, 0.15) is 23.3 Å². The Balaban J connectivity index is 1.50. The highest BCUT2D eigenvalue weighted by Crippen LogP contribution is 2.38. The number of para-hydroxylation sites is 2. The summed E-state index contributed by atoms with van der Waals surface area (Å²) in [4.78, 5) is 37.6. The zero-order valence-corrected chi connectivity index (χ0v) is 19.8. The second kappa shape index (κ2) is 8.62. The average Bonchev–Trinajstić information content (AvgIpc) is 3.50. The molecule has 1 aliphatic carbocycles. The van der Waals surface area contributed by atoms with E-state index in [2.05, 4.69) is 15.4 Å². The number of nitrogens with zero attached hydrogens (tertiary/aromatic N) is 5. The molecule has 0 fully saturated rings. The maximum atomic E-state index is 13.6. The Morgan fingerprint density at radius 2 is 2.03 bits per heavy atom. The first-order chi connectivity index (χ1) is 17.1. The Morgan fingerprint density at radius 1 is 1.17 bits per heavy atom. The van der Waals surface area contributed by atoms with Gasteiger partial charge in [0.15, 0.2) is 11.5 Å². The number of ether oxygens (including phenoxy) is 1. The van der Waals surface area contributed by atoms with Crippen LogP contribution < -0.4 is 15.7 Å². The minimum atomic E-state index is -0.399. The molecule has 1 aromatic carbocycles. The lowest BCUT2D eigenvalue weighted by atomic mass is 9.97. The van der Waals surface area contributed by atoms with E-state index in [9.17, 15) is 9.59 Å². The molecule has 10 heteroatoms. The zero-order valence-electron chi connectivity index (χ0n) is 19.0. The molecule has 9 nitrogen and oxygen atoms in total. The average molecular weight is 487 g/mol. The molecule has 1 aliphatic rings. The van der Waals surface area contributed by atoms with Gasteiger partial charge in [-0.1, -0.05) is 12.1 Å². The van der Waals surface area contributed by atoms with Crippen molar-refractivity contribution in [2.24, 2.45) is 0 Å². The van der Waals surface area contributed by atoms with Gasteiger partial charge in [-0.2, -0.15) is 4.52 Å². The molecule has 4 aromatic heterocycles. The minimum Gasteiger partial charge on any atom is -0.495 e. The summed E-state index contributed by atoms with van der Waals surface area (Å²) < 4.78 is 8.17. The lowest BCUT2D eigenvalue weighted by Crippen LogP contribution is -2.32. The Labute approximate surface area is 204 Å². The van der Waals surface area contributed by atoms with Crippen LogP contribution >= 0.6 is 11.3 Å². The van der Waals surface area contributed by atoms with Crippen molar-refractivity contribution in [3.05, 3.63) is 69.7 Å². The second-order valence-corrected chi connectivity index (χ2v) is 9.50. The Morgan fingerprint density at radius 3 is 2.86 bits per heavy atom. The predicted octanol–water partition coefficient (Wildman–Crippen LogP) is 3.69. The number of hydrogen-bond acceptors (Lipinski definition) is 7. The molecule has 0 saturated carbocycles. The molecule has 6 rings (SSSR count). The maximum absolute atomic E-state index is 13.6. The number of methoxy groups -OCH3 is 1. The van der Waals surface area contributed by atoms with E-state index < -0.39 is 5.69 Å². The summed E-state index contributed by atoms with van der Waals surface area (Å²) in [5.74, 6) is 0.664. The van der Waals surface area contributed by atoms with Crippen molar-refractivity contribution < 1.29 is 9.53 Å². The molecule has 0 unspecified atom stereocenters. The van der Waals surface area contributed by atoms with Crippen LogP contribution in [0.25, 0.3) is 27.3 Å². The van der Waals surface area contributed by atoms with Crippen LogP contribution in [0, 0.1) is 0 Å². The second-order valence-electron chi connectivity index (χ2n) is 8.42. The first kappa shape index (κ1) is 21.5. The Bertz CT molecular complexity index is 1640. The molecule has 0 saturated heterocycles. The van der Waals surface area contributed by atoms with Crippen LogP contribution in [0.3, 0.4) is 0 Å². The number of pyridine rings is 1. The van der Waals surface area contributed by atoms with E-state index in [1.54, 1.807) is 43.0 Å². The summed E-state index contributed by atoms with van der Waals surface area (Å²) in [6.45, 7) is -0.148. The van der Waals surface area contributed by atoms with Gasteiger partial charge in [-0.25, -0.2) is 9.78 Å². The van der Waals surface area contributed by atoms with Crippen molar-refractivity contribution >= 4 is 38.8 Å². The lowest BCUT2D eigenvalue weighted by molar-refractivity contribution is -0.116. The van der Waals surface area contributed by atoms with E-state index in [4.69, 9.17) is 9.72 Å². The molecule has 1 amide bonds. The number of fused-ring (bicyclic) bond motifs is 5.